The Morgan fingerprint density at radius 2 is 0.983 bits per heavy atom. The first-order valence-corrected chi connectivity index (χ1v) is 25.0. The topological polar surface area (TPSA) is 95.9 Å². The molecule has 0 aliphatic heterocycles. The monoisotopic (exact) mass is 826 g/mol. The van der Waals surface area contributed by atoms with Crippen LogP contribution in [0.1, 0.15) is 239 Å². The Bertz CT molecular complexity index is 1060. The molecule has 1 amide bonds. The van der Waals surface area contributed by atoms with E-state index in [0.29, 0.717) is 19.3 Å². The Balaban J connectivity index is 4.66. The van der Waals surface area contributed by atoms with Crippen LogP contribution in [0.25, 0.3) is 0 Å². The molecule has 0 saturated carbocycles. The van der Waals surface area contributed by atoms with E-state index in [1.54, 1.807) is 0 Å². The van der Waals surface area contributed by atoms with Crippen molar-refractivity contribution in [3.63, 3.8) is 0 Å². The molecule has 59 heavy (non-hydrogen) atoms. The lowest BCUT2D eigenvalue weighted by Gasteiger charge is -2.24. The molecular formula is C53H95NO5. The number of aliphatic hydroxyl groups is 2. The molecule has 0 rings (SSSR count). The Labute approximate surface area is 365 Å². The van der Waals surface area contributed by atoms with Gasteiger partial charge in [0, 0.05) is 6.42 Å². The van der Waals surface area contributed by atoms with Crippen LogP contribution in [0, 0.1) is 0 Å². The fourth-order valence-electron chi connectivity index (χ4n) is 7.37. The van der Waals surface area contributed by atoms with Gasteiger partial charge in [0.25, 0.3) is 0 Å². The van der Waals surface area contributed by atoms with Crippen molar-refractivity contribution in [2.75, 3.05) is 6.61 Å². The second-order valence-corrected chi connectivity index (χ2v) is 16.9. The number of nitrogens with one attached hydrogen (secondary N) is 1. The summed E-state index contributed by atoms with van der Waals surface area (Å²) in [6.45, 7) is 6.32. The average molecular weight is 826 g/mol. The van der Waals surface area contributed by atoms with Crippen molar-refractivity contribution in [2.24, 2.45) is 0 Å². The zero-order chi connectivity index (χ0) is 43.1. The minimum absolute atomic E-state index is 0.0405. The molecule has 0 spiro atoms. The van der Waals surface area contributed by atoms with E-state index in [4.69, 9.17) is 4.74 Å². The third-order valence-electron chi connectivity index (χ3n) is 11.2. The van der Waals surface area contributed by atoms with E-state index in [2.05, 4.69) is 80.8 Å². The highest BCUT2D eigenvalue weighted by Crippen LogP contribution is 2.17. The number of hydrogen-bond acceptors (Lipinski definition) is 5. The molecule has 0 heterocycles. The van der Waals surface area contributed by atoms with Crippen LogP contribution in [0.3, 0.4) is 0 Å². The molecule has 3 unspecified atom stereocenters. The molecule has 342 valence electrons. The molecule has 3 atom stereocenters. The van der Waals surface area contributed by atoms with E-state index in [1.807, 2.05) is 6.08 Å². The van der Waals surface area contributed by atoms with Crippen molar-refractivity contribution in [1.82, 2.24) is 5.32 Å². The first kappa shape index (κ1) is 56.6. The Kier molecular flexibility index (Phi) is 44.7. The zero-order valence-corrected chi connectivity index (χ0v) is 38.9. The van der Waals surface area contributed by atoms with Crippen molar-refractivity contribution in [3.05, 3.63) is 60.8 Å². The molecule has 0 aromatic carbocycles. The lowest BCUT2D eigenvalue weighted by atomic mass is 10.0. The number of unbranched alkanes of at least 4 members (excludes halogenated alkanes) is 24. The van der Waals surface area contributed by atoms with Gasteiger partial charge < -0.3 is 20.3 Å². The van der Waals surface area contributed by atoms with Crippen LogP contribution in [0.2, 0.25) is 0 Å². The third-order valence-corrected chi connectivity index (χ3v) is 11.2. The van der Waals surface area contributed by atoms with Gasteiger partial charge in [-0.1, -0.05) is 223 Å². The molecule has 0 aromatic heterocycles. The summed E-state index contributed by atoms with van der Waals surface area (Å²) < 4.78 is 5.87. The van der Waals surface area contributed by atoms with Crippen LogP contribution in [-0.4, -0.2) is 46.9 Å². The van der Waals surface area contributed by atoms with E-state index >= 15 is 0 Å². The number of rotatable bonds is 44. The molecule has 6 nitrogen and oxygen atoms in total. The van der Waals surface area contributed by atoms with Gasteiger partial charge in [-0.2, -0.15) is 0 Å². The minimum atomic E-state index is -0.803. The minimum Gasteiger partial charge on any atom is -0.462 e. The van der Waals surface area contributed by atoms with Crippen LogP contribution in [0.4, 0.5) is 0 Å². The SMILES string of the molecule is CC/C=C/C=C/C=C/CCCCCCCC(CC(=O)NC(CO)C(O)CCCCCCCCCCCCCCCC)OC(=O)CC/C=C/C/C=C\CCCCCCCC. The summed E-state index contributed by atoms with van der Waals surface area (Å²) in [5.41, 5.74) is 0. The standard InChI is InChI=1S/C53H95NO5/c1-4-7-10-13-16-19-22-25-28-30-33-36-39-42-45-51(56)50(48-55)54-52(57)47-49(44-41-38-35-32-29-26-23-20-17-14-11-8-5-2)59-53(58)46-43-40-37-34-31-27-24-21-18-15-12-9-6-3/h8,11,14,17,20,23,27,31,37,40,49-51,55-56H,4-7,9-10,12-13,15-16,18-19,21-22,24-26,28-30,32-36,38-39,41-48H2,1-3H3,(H,54,57)/b11-8+,17-14+,23-20+,31-27-,40-37+. The van der Waals surface area contributed by atoms with Gasteiger partial charge in [0.2, 0.25) is 5.91 Å². The van der Waals surface area contributed by atoms with Gasteiger partial charge in [-0.25, -0.2) is 0 Å². The van der Waals surface area contributed by atoms with Crippen molar-refractivity contribution < 1.29 is 24.5 Å². The summed E-state index contributed by atoms with van der Waals surface area (Å²) in [6, 6.07) is -0.719. The van der Waals surface area contributed by atoms with Crippen molar-refractivity contribution in [3.8, 4) is 0 Å². The van der Waals surface area contributed by atoms with Crippen LogP contribution in [0.15, 0.2) is 60.8 Å². The lowest BCUT2D eigenvalue weighted by Crippen LogP contribution is -2.46. The maximum absolute atomic E-state index is 13.2. The summed E-state index contributed by atoms with van der Waals surface area (Å²) in [5, 5.41) is 23.7. The fourth-order valence-corrected chi connectivity index (χ4v) is 7.37. The summed E-state index contributed by atoms with van der Waals surface area (Å²) >= 11 is 0. The molecule has 0 bridgehead atoms. The molecule has 0 aromatic rings. The van der Waals surface area contributed by atoms with Crippen LogP contribution in [0.5, 0.6) is 0 Å². The highest BCUT2D eigenvalue weighted by molar-refractivity contribution is 5.77. The molecule has 0 radical (unpaired) electrons. The summed E-state index contributed by atoms with van der Waals surface area (Å²) in [4.78, 5) is 26.0. The predicted molar refractivity (Wildman–Crippen MR) is 255 cm³/mol. The highest BCUT2D eigenvalue weighted by atomic mass is 16.5. The van der Waals surface area contributed by atoms with Crippen molar-refractivity contribution in [2.45, 2.75) is 257 Å². The molecule has 0 aliphatic rings. The molecule has 0 aliphatic carbocycles. The van der Waals surface area contributed by atoms with Gasteiger partial charge in [0.1, 0.15) is 6.10 Å². The van der Waals surface area contributed by atoms with Crippen molar-refractivity contribution >= 4 is 11.9 Å². The number of ether oxygens (including phenoxy) is 1. The Morgan fingerprint density at radius 1 is 0.525 bits per heavy atom. The summed E-state index contributed by atoms with van der Waals surface area (Å²) in [7, 11) is 0. The van der Waals surface area contributed by atoms with Crippen molar-refractivity contribution in [1.29, 1.82) is 0 Å². The smallest absolute Gasteiger partial charge is 0.306 e. The number of carbonyl (C=O) groups is 2. The van der Waals surface area contributed by atoms with E-state index in [0.717, 1.165) is 77.0 Å². The largest absolute Gasteiger partial charge is 0.462 e. The molecular weight excluding hydrogens is 731 g/mol. The third kappa shape index (κ3) is 42.1. The first-order chi connectivity index (χ1) is 29.0. The summed E-state index contributed by atoms with van der Waals surface area (Å²) in [5.74, 6) is -0.575. The highest BCUT2D eigenvalue weighted by Gasteiger charge is 2.24. The summed E-state index contributed by atoms with van der Waals surface area (Å²) in [6.07, 6.45) is 57.2. The number of esters is 1. The van der Waals surface area contributed by atoms with Gasteiger partial charge in [-0.05, 0) is 64.2 Å². The van der Waals surface area contributed by atoms with Crippen LogP contribution in [-0.2, 0) is 14.3 Å². The predicted octanol–water partition coefficient (Wildman–Crippen LogP) is 14.8. The number of carbonyl (C=O) groups excluding carboxylic acids is 2. The lowest BCUT2D eigenvalue weighted by molar-refractivity contribution is -0.150. The maximum atomic E-state index is 13.2. The zero-order valence-electron chi connectivity index (χ0n) is 38.9. The normalized spacial score (nSPS) is 13.8. The number of hydrogen-bond donors (Lipinski definition) is 3. The van der Waals surface area contributed by atoms with Crippen LogP contribution < -0.4 is 5.32 Å². The first-order valence-electron chi connectivity index (χ1n) is 25.0. The molecule has 3 N–H and O–H groups in total. The number of aliphatic hydroxyl groups excluding tert-OH is 2. The number of amides is 1. The second-order valence-electron chi connectivity index (χ2n) is 16.9. The fraction of sp³-hybridized carbons (Fsp3) is 0.774. The van der Waals surface area contributed by atoms with Gasteiger partial charge >= 0.3 is 5.97 Å². The number of allylic oxidation sites excluding steroid dienone is 10. The van der Waals surface area contributed by atoms with Gasteiger partial charge in [0.15, 0.2) is 0 Å². The van der Waals surface area contributed by atoms with Gasteiger partial charge in [-0.15, -0.1) is 0 Å². The maximum Gasteiger partial charge on any atom is 0.306 e. The quantitative estimate of drug-likeness (QED) is 0.0246. The molecule has 0 fully saturated rings. The molecule has 6 heteroatoms. The van der Waals surface area contributed by atoms with E-state index in [1.165, 1.54) is 109 Å². The average Bonchev–Trinajstić information content (AvgIpc) is 3.23. The van der Waals surface area contributed by atoms with Gasteiger partial charge in [0.05, 0.1) is 25.2 Å². The van der Waals surface area contributed by atoms with E-state index in [9.17, 15) is 19.8 Å². The molecule has 0 saturated heterocycles. The van der Waals surface area contributed by atoms with Gasteiger partial charge in [-0.3, -0.25) is 9.59 Å². The van der Waals surface area contributed by atoms with E-state index < -0.39 is 18.2 Å². The second kappa shape index (κ2) is 46.6. The Morgan fingerprint density at radius 3 is 1.51 bits per heavy atom. The van der Waals surface area contributed by atoms with E-state index in [-0.39, 0.29) is 31.3 Å². The Hall–Kier alpha value is -2.44. The van der Waals surface area contributed by atoms with Crippen LogP contribution >= 0.6 is 0 Å².